The summed E-state index contributed by atoms with van der Waals surface area (Å²) in [5.41, 5.74) is 3.26. The lowest BCUT2D eigenvalue weighted by Crippen LogP contribution is -2.40. The number of rotatable bonds is 6. The smallest absolute Gasteiger partial charge is 0.276 e. The molecule has 2 aromatic heterocycles. The highest BCUT2D eigenvalue weighted by Gasteiger charge is 2.35. The molecule has 1 fully saturated rings. The average molecular weight is 487 g/mol. The van der Waals surface area contributed by atoms with E-state index in [4.69, 9.17) is 9.47 Å². The fourth-order valence-corrected chi connectivity index (χ4v) is 4.77. The molecule has 1 unspecified atom stereocenters. The molecule has 1 saturated heterocycles. The van der Waals surface area contributed by atoms with E-state index >= 15 is 0 Å². The fourth-order valence-electron chi connectivity index (χ4n) is 4.77. The Bertz CT molecular complexity index is 1470. The SMILES string of the molecule is Cc1c(CN(CC2COC(C)(C)O2)C(=O)c2ccnc3ccccc23)c(=O)n(-c2ccccc2)n1C. The first-order chi connectivity index (χ1) is 17.2. The molecule has 0 saturated carbocycles. The summed E-state index contributed by atoms with van der Waals surface area (Å²) < 4.78 is 15.2. The Morgan fingerprint density at radius 1 is 1.11 bits per heavy atom. The van der Waals surface area contributed by atoms with Crippen LogP contribution >= 0.6 is 0 Å². The van der Waals surface area contributed by atoms with Crippen molar-refractivity contribution in [2.45, 2.75) is 39.2 Å². The monoisotopic (exact) mass is 486 g/mol. The quantitative estimate of drug-likeness (QED) is 0.414. The van der Waals surface area contributed by atoms with Crippen LogP contribution in [0, 0.1) is 6.92 Å². The number of fused-ring (bicyclic) bond motifs is 1. The Kier molecular flexibility index (Phi) is 6.24. The number of carbonyl (C=O) groups excluding carboxylic acids is 1. The maximum atomic E-state index is 14.0. The molecule has 36 heavy (non-hydrogen) atoms. The van der Waals surface area contributed by atoms with Crippen LogP contribution in [0.4, 0.5) is 0 Å². The van der Waals surface area contributed by atoms with E-state index in [-0.39, 0.29) is 30.7 Å². The Labute approximate surface area is 209 Å². The van der Waals surface area contributed by atoms with Crippen LogP contribution < -0.4 is 5.56 Å². The molecule has 3 heterocycles. The average Bonchev–Trinajstić information content (AvgIpc) is 3.33. The topological polar surface area (TPSA) is 78.6 Å². The lowest BCUT2D eigenvalue weighted by molar-refractivity contribution is -0.139. The van der Waals surface area contributed by atoms with Crippen molar-refractivity contribution in [3.05, 3.63) is 94.0 Å². The van der Waals surface area contributed by atoms with Gasteiger partial charge in [-0.15, -0.1) is 0 Å². The summed E-state index contributed by atoms with van der Waals surface area (Å²) in [5.74, 6) is -0.901. The maximum Gasteiger partial charge on any atom is 0.276 e. The molecule has 1 atom stereocenters. The van der Waals surface area contributed by atoms with Crippen molar-refractivity contribution in [1.82, 2.24) is 19.2 Å². The number of carbonyl (C=O) groups is 1. The summed E-state index contributed by atoms with van der Waals surface area (Å²) in [7, 11) is 1.85. The Hall–Kier alpha value is -3.75. The van der Waals surface area contributed by atoms with Crippen LogP contribution in [0.15, 0.2) is 71.7 Å². The number of aromatic nitrogens is 3. The van der Waals surface area contributed by atoms with Gasteiger partial charge in [0.15, 0.2) is 5.79 Å². The Morgan fingerprint density at radius 2 is 1.83 bits per heavy atom. The molecular formula is C28H30N4O4. The van der Waals surface area contributed by atoms with Crippen molar-refractivity contribution in [2.24, 2.45) is 7.05 Å². The van der Waals surface area contributed by atoms with Gasteiger partial charge in [0.25, 0.3) is 11.5 Å². The van der Waals surface area contributed by atoms with Crippen molar-refractivity contribution in [1.29, 1.82) is 0 Å². The van der Waals surface area contributed by atoms with E-state index in [2.05, 4.69) is 4.98 Å². The van der Waals surface area contributed by atoms with Crippen LogP contribution in [-0.2, 0) is 23.1 Å². The lowest BCUT2D eigenvalue weighted by atomic mass is 10.1. The third kappa shape index (κ3) is 4.45. The normalized spacial score (nSPS) is 16.9. The molecule has 5 rings (SSSR count). The minimum absolute atomic E-state index is 0.147. The van der Waals surface area contributed by atoms with Crippen LogP contribution in [-0.4, -0.2) is 50.2 Å². The highest BCUT2D eigenvalue weighted by atomic mass is 16.7. The second-order valence-corrected chi connectivity index (χ2v) is 9.55. The third-order valence-electron chi connectivity index (χ3n) is 6.68. The lowest BCUT2D eigenvalue weighted by Gasteiger charge is -2.26. The molecule has 0 radical (unpaired) electrons. The summed E-state index contributed by atoms with van der Waals surface area (Å²) in [6.45, 7) is 6.42. The second-order valence-electron chi connectivity index (χ2n) is 9.55. The molecule has 0 N–H and O–H groups in total. The number of pyridine rings is 1. The van der Waals surface area contributed by atoms with Gasteiger partial charge in [0.2, 0.25) is 0 Å². The summed E-state index contributed by atoms with van der Waals surface area (Å²) in [4.78, 5) is 33.7. The van der Waals surface area contributed by atoms with Crippen molar-refractivity contribution < 1.29 is 14.3 Å². The summed E-state index contributed by atoms with van der Waals surface area (Å²) in [6, 6.07) is 18.8. The number of para-hydroxylation sites is 2. The number of hydrogen-bond acceptors (Lipinski definition) is 5. The van der Waals surface area contributed by atoms with Gasteiger partial charge in [0.05, 0.1) is 35.5 Å². The van der Waals surface area contributed by atoms with E-state index < -0.39 is 5.79 Å². The van der Waals surface area contributed by atoms with Gasteiger partial charge in [0.1, 0.15) is 6.10 Å². The van der Waals surface area contributed by atoms with Gasteiger partial charge in [-0.25, -0.2) is 4.68 Å². The molecule has 186 valence electrons. The predicted molar refractivity (Wildman–Crippen MR) is 137 cm³/mol. The van der Waals surface area contributed by atoms with Crippen LogP contribution in [0.1, 0.15) is 35.5 Å². The summed E-state index contributed by atoms with van der Waals surface area (Å²) >= 11 is 0. The van der Waals surface area contributed by atoms with E-state index in [1.165, 1.54) is 0 Å². The number of hydrogen-bond donors (Lipinski definition) is 0. The zero-order valence-electron chi connectivity index (χ0n) is 21.0. The Balaban J connectivity index is 1.55. The summed E-state index contributed by atoms with van der Waals surface area (Å²) in [5, 5.41) is 0.769. The van der Waals surface area contributed by atoms with Crippen LogP contribution in [0.3, 0.4) is 0 Å². The molecule has 8 heteroatoms. The van der Waals surface area contributed by atoms with Gasteiger partial charge in [0, 0.05) is 30.9 Å². The molecule has 1 aliphatic heterocycles. The number of amides is 1. The first-order valence-electron chi connectivity index (χ1n) is 12.0. The first kappa shape index (κ1) is 24.0. The van der Waals surface area contributed by atoms with E-state index in [9.17, 15) is 9.59 Å². The highest BCUT2D eigenvalue weighted by Crippen LogP contribution is 2.25. The molecule has 4 aromatic rings. The van der Waals surface area contributed by atoms with Crippen LogP contribution in [0.25, 0.3) is 16.6 Å². The predicted octanol–water partition coefficient (Wildman–Crippen LogP) is 3.83. The molecular weight excluding hydrogens is 456 g/mol. The maximum absolute atomic E-state index is 14.0. The minimum atomic E-state index is -0.717. The second kappa shape index (κ2) is 9.37. The van der Waals surface area contributed by atoms with E-state index in [1.807, 2.05) is 87.1 Å². The molecule has 1 amide bonds. The van der Waals surface area contributed by atoms with Crippen molar-refractivity contribution in [2.75, 3.05) is 13.2 Å². The van der Waals surface area contributed by atoms with Crippen LogP contribution in [0.2, 0.25) is 0 Å². The molecule has 2 aromatic carbocycles. The van der Waals surface area contributed by atoms with Crippen molar-refractivity contribution in [3.63, 3.8) is 0 Å². The molecule has 0 bridgehead atoms. The highest BCUT2D eigenvalue weighted by molar-refractivity contribution is 6.05. The zero-order chi connectivity index (χ0) is 25.4. The van der Waals surface area contributed by atoms with Crippen molar-refractivity contribution in [3.8, 4) is 5.69 Å². The standard InChI is InChI=1S/C28H30N4O4/c1-19-24(27(34)32(30(19)4)20-10-6-5-7-11-20)17-31(16-21-18-35-28(2,3)36-21)26(33)23-14-15-29-25-13-9-8-12-22(23)25/h5-15,21H,16-18H2,1-4H3. The van der Waals surface area contributed by atoms with Crippen molar-refractivity contribution >= 4 is 16.8 Å². The minimum Gasteiger partial charge on any atom is -0.348 e. The molecule has 1 aliphatic rings. The fraction of sp³-hybridized carbons (Fsp3) is 0.321. The van der Waals surface area contributed by atoms with E-state index in [0.717, 1.165) is 22.3 Å². The number of nitrogens with zero attached hydrogens (tertiary/aromatic N) is 4. The molecule has 0 aliphatic carbocycles. The number of benzene rings is 2. The van der Waals surface area contributed by atoms with Gasteiger partial charge >= 0.3 is 0 Å². The van der Waals surface area contributed by atoms with Gasteiger partial charge in [-0.05, 0) is 45.0 Å². The van der Waals surface area contributed by atoms with Gasteiger partial charge < -0.3 is 14.4 Å². The number of ether oxygens (including phenoxy) is 2. The first-order valence-corrected chi connectivity index (χ1v) is 12.0. The summed E-state index contributed by atoms with van der Waals surface area (Å²) in [6.07, 6.45) is 1.33. The van der Waals surface area contributed by atoms with Crippen LogP contribution in [0.5, 0.6) is 0 Å². The van der Waals surface area contributed by atoms with Gasteiger partial charge in [-0.3, -0.25) is 19.3 Å². The van der Waals surface area contributed by atoms with Gasteiger partial charge in [-0.2, -0.15) is 0 Å². The largest absolute Gasteiger partial charge is 0.348 e. The third-order valence-corrected chi connectivity index (χ3v) is 6.68. The molecule has 0 spiro atoms. The zero-order valence-corrected chi connectivity index (χ0v) is 21.0. The van der Waals surface area contributed by atoms with E-state index in [0.29, 0.717) is 17.7 Å². The van der Waals surface area contributed by atoms with E-state index in [1.54, 1.807) is 21.8 Å². The Morgan fingerprint density at radius 3 is 2.56 bits per heavy atom. The molecule has 8 nitrogen and oxygen atoms in total. The van der Waals surface area contributed by atoms with Gasteiger partial charge in [-0.1, -0.05) is 36.4 Å².